The number of likely N-dealkylation sites (tertiary alicyclic amines) is 1. The second-order valence-corrected chi connectivity index (χ2v) is 27.1. The van der Waals surface area contributed by atoms with E-state index in [1.165, 1.54) is 74.2 Å². The first kappa shape index (κ1) is 80.6. The lowest BCUT2D eigenvalue weighted by Gasteiger charge is -2.31. The molecule has 5 rings (SSSR count). The van der Waals surface area contributed by atoms with Gasteiger partial charge >= 0.3 is 11.7 Å². The minimum absolute atomic E-state index is 0.0124. The number of nitrogens with zero attached hydrogens (tertiary/aromatic N) is 3. The summed E-state index contributed by atoms with van der Waals surface area (Å²) in [4.78, 5) is 221. The predicted molar refractivity (Wildman–Crippen MR) is 361 cm³/mol. The molecule has 0 aliphatic carbocycles. The fourth-order valence-electron chi connectivity index (χ4n) is 10.4. The summed E-state index contributed by atoms with van der Waals surface area (Å²) in [5.41, 5.74) is -0.886. The number of aryl methyl sites for hydroxylation is 1. The van der Waals surface area contributed by atoms with Crippen LogP contribution in [0.25, 0.3) is 0 Å². The number of aliphatic hydroxyl groups excluding tert-OH is 1. The summed E-state index contributed by atoms with van der Waals surface area (Å²) in [6, 6.07) is -2.19. The van der Waals surface area contributed by atoms with E-state index < -0.39 is 187 Å². The molecule has 0 radical (unpaired) electrons. The number of benzene rings is 2. The standard InChI is InChI=1S/C63H87N15O20S2/c1-32(2)21-45(69-50(85)28-76(51(86)29-77-27-33(3)54(89)75-63(77)98)20-18-64-56(91)46(68-37(7)81)25-65-36(6)80)62(97)78-19-8-9-48(78)60(95)73-47-31-100-99-30-34(4)67-61(96)53(35(5)79)74-49(84)26-66-55(90)42(22-38-10-14-40(82)15-11-38)70-57(92)43(23-39-12-16-41(83)17-13-39)71-58(93)44(24-52(87)88)72-59(47)94/h10-17,27,32,34-35,42-48,53,79,82-83H,8-9,18-26,28-31H2,1-7H3,(H,64,91)(H,65,80)(H,66,90)(H,67,96)(H,68,81)(H,69,85)(H,70,92)(H,71,93)(H,72,94)(H,73,95)(H,74,84)(H,87,88)(H,75,89,98)/t34-,35?,42+,43+,44+,45+,46?,47+,48+,53+/m1/s1. The Balaban J connectivity index is 1.45. The number of aliphatic carboxylic acids is 1. The molecule has 10 atom stereocenters. The Morgan fingerprint density at radius 3 is 1.88 bits per heavy atom. The average Bonchev–Trinajstić information content (AvgIpc) is 1.58. The third-order valence-electron chi connectivity index (χ3n) is 15.5. The van der Waals surface area contributed by atoms with Crippen LogP contribution in [0, 0.1) is 12.8 Å². The third kappa shape index (κ3) is 26.3. The van der Waals surface area contributed by atoms with Crippen LogP contribution in [0.1, 0.15) is 83.9 Å². The van der Waals surface area contributed by atoms with Crippen LogP contribution >= 0.6 is 21.6 Å². The van der Waals surface area contributed by atoms with E-state index >= 15 is 0 Å². The summed E-state index contributed by atoms with van der Waals surface area (Å²) in [5, 5.41) is 68.4. The van der Waals surface area contributed by atoms with Gasteiger partial charge in [-0.1, -0.05) is 59.7 Å². The van der Waals surface area contributed by atoms with Crippen LogP contribution in [-0.4, -0.2) is 234 Å². The first-order valence-corrected chi connectivity index (χ1v) is 34.4. The number of H-pyrrole nitrogens is 1. The van der Waals surface area contributed by atoms with Crippen LogP contribution in [-0.2, 0) is 86.5 Å². The number of amides is 13. The maximum absolute atomic E-state index is 14.8. The Labute approximate surface area is 581 Å². The van der Waals surface area contributed by atoms with Crippen LogP contribution in [0.3, 0.4) is 0 Å². The van der Waals surface area contributed by atoms with Gasteiger partial charge in [0.05, 0.1) is 25.6 Å². The van der Waals surface area contributed by atoms with E-state index in [1.54, 1.807) is 20.8 Å². The van der Waals surface area contributed by atoms with Crippen molar-refractivity contribution < 1.29 is 87.5 Å². The van der Waals surface area contributed by atoms with Gasteiger partial charge < -0.3 is 88.7 Å². The number of phenols is 2. The number of aromatic nitrogens is 2. The van der Waals surface area contributed by atoms with Crippen molar-refractivity contribution in [2.45, 2.75) is 154 Å². The van der Waals surface area contributed by atoms with E-state index in [-0.39, 0.29) is 86.2 Å². The van der Waals surface area contributed by atoms with Gasteiger partial charge in [-0.2, -0.15) is 0 Å². The smallest absolute Gasteiger partial charge is 0.328 e. The topological polar surface area (TPSA) is 514 Å². The van der Waals surface area contributed by atoms with Crippen LogP contribution in [0.2, 0.25) is 0 Å². The van der Waals surface area contributed by atoms with E-state index in [2.05, 4.69) is 63.5 Å². The molecule has 2 unspecified atom stereocenters. The number of aliphatic hydroxyl groups is 1. The highest BCUT2D eigenvalue weighted by Crippen LogP contribution is 2.25. The molecule has 35 nitrogen and oxygen atoms in total. The highest BCUT2D eigenvalue weighted by Gasteiger charge is 2.41. The number of carbonyl (C=O) groups excluding carboxylic acids is 13. The van der Waals surface area contributed by atoms with Gasteiger partial charge in [0.2, 0.25) is 76.8 Å². The van der Waals surface area contributed by atoms with Gasteiger partial charge in [0.1, 0.15) is 66.4 Å². The summed E-state index contributed by atoms with van der Waals surface area (Å²) in [6.45, 7) is 6.64. The summed E-state index contributed by atoms with van der Waals surface area (Å²) in [5.74, 6) is -13.9. The number of phenolic OH excluding ortho intramolecular Hbond substituents is 2. The third-order valence-corrected chi connectivity index (χ3v) is 18.1. The molecule has 0 bridgehead atoms. The Morgan fingerprint density at radius 1 is 0.710 bits per heavy atom. The molecule has 13 amide bonds. The van der Waals surface area contributed by atoms with Gasteiger partial charge in [-0.3, -0.25) is 81.5 Å². The highest BCUT2D eigenvalue weighted by molar-refractivity contribution is 8.76. The van der Waals surface area contributed by atoms with Gasteiger partial charge in [-0.15, -0.1) is 0 Å². The summed E-state index contributed by atoms with van der Waals surface area (Å²) in [7, 11) is 2.06. The fraction of sp³-hybridized carbons (Fsp3) is 0.524. The number of hydrogen-bond acceptors (Lipinski definition) is 21. The van der Waals surface area contributed by atoms with E-state index in [0.29, 0.717) is 11.1 Å². The van der Waals surface area contributed by atoms with Gasteiger partial charge in [-0.05, 0) is 81.3 Å². The molecule has 1 aromatic heterocycles. The molecule has 2 aliphatic rings. The zero-order chi connectivity index (χ0) is 74.1. The number of hydrogen-bond donors (Lipinski definition) is 16. The van der Waals surface area contributed by atoms with Crippen LogP contribution in [0.15, 0.2) is 64.3 Å². The van der Waals surface area contributed by atoms with Crippen molar-refractivity contribution in [2.75, 3.05) is 50.8 Å². The van der Waals surface area contributed by atoms with Crippen molar-refractivity contribution in [2.24, 2.45) is 5.92 Å². The molecule has 2 aliphatic heterocycles. The minimum Gasteiger partial charge on any atom is -0.508 e. The Hall–Kier alpha value is -10.0. The van der Waals surface area contributed by atoms with Gasteiger partial charge in [0.25, 0.3) is 5.56 Å². The minimum atomic E-state index is -1.99. The zero-order valence-electron chi connectivity index (χ0n) is 56.1. The van der Waals surface area contributed by atoms with E-state index in [0.717, 1.165) is 44.2 Å². The highest BCUT2D eigenvalue weighted by atomic mass is 33.1. The molecule has 16 N–H and O–H groups in total. The van der Waals surface area contributed by atoms with E-state index in [1.807, 2.05) is 0 Å². The lowest BCUT2D eigenvalue weighted by molar-refractivity contribution is -0.143. The van der Waals surface area contributed by atoms with Gasteiger partial charge in [0.15, 0.2) is 0 Å². The molecule has 3 heterocycles. The Morgan fingerprint density at radius 2 is 1.30 bits per heavy atom. The summed E-state index contributed by atoms with van der Waals surface area (Å²) >= 11 is 0. The zero-order valence-corrected chi connectivity index (χ0v) is 57.8. The molecule has 0 spiro atoms. The van der Waals surface area contributed by atoms with Crippen molar-refractivity contribution in [3.63, 3.8) is 0 Å². The van der Waals surface area contributed by atoms with E-state index in [4.69, 9.17) is 0 Å². The average molecular weight is 1440 g/mol. The SMILES string of the molecule is CC(=O)NCC(NC(C)=O)C(=O)NCCN(CC(=O)N[C@@H](CC(C)C)C(=O)N1CCC[C@H]1C(=O)N[C@H]1CSSC[C@@H](C)NC(=O)[C@H](C(C)O)NC(=O)CNC(=O)[C@H](Cc2ccc(O)cc2)NC(=O)[C@H](Cc2ccc(O)cc2)NC(=O)[C@H](CC(=O)O)NC1=O)C(=O)Cn1cc(C)c(=O)[nH]c1=O. The monoisotopic (exact) mass is 1440 g/mol. The quantitative estimate of drug-likeness (QED) is 0.0374. The maximum atomic E-state index is 14.8. The normalized spacial score (nSPS) is 20.8. The summed E-state index contributed by atoms with van der Waals surface area (Å²) < 4.78 is 0.886. The summed E-state index contributed by atoms with van der Waals surface area (Å²) in [6.07, 6.45) is -1.89. The van der Waals surface area contributed by atoms with Crippen molar-refractivity contribution in [1.29, 1.82) is 0 Å². The second kappa shape index (κ2) is 38.9. The lowest BCUT2D eigenvalue weighted by Crippen LogP contribution is -2.60. The van der Waals surface area contributed by atoms with Crippen molar-refractivity contribution >= 4 is 104 Å². The first-order chi connectivity index (χ1) is 47.2. The van der Waals surface area contributed by atoms with Gasteiger partial charge in [-0.25, -0.2) is 4.79 Å². The number of carboxylic acids is 1. The van der Waals surface area contributed by atoms with Crippen LogP contribution in [0.4, 0.5) is 0 Å². The molecular formula is C63H87N15O20S2. The molecule has 0 saturated carbocycles. The molecule has 2 fully saturated rings. The molecule has 546 valence electrons. The number of carboxylic acid groups (broad SMARTS) is 1. The molecule has 2 saturated heterocycles. The second-order valence-electron chi connectivity index (χ2n) is 24.5. The molecule has 100 heavy (non-hydrogen) atoms. The van der Waals surface area contributed by atoms with Crippen molar-refractivity contribution in [1.82, 2.24) is 77.8 Å². The Kier molecular flexibility index (Phi) is 31.4. The lowest BCUT2D eigenvalue weighted by atomic mass is 10.0. The van der Waals surface area contributed by atoms with Crippen LogP contribution < -0.4 is 69.7 Å². The fourth-order valence-corrected chi connectivity index (χ4v) is 12.8. The number of aromatic amines is 1. The van der Waals surface area contributed by atoms with Crippen LogP contribution in [0.5, 0.6) is 11.5 Å². The number of aromatic hydroxyl groups is 2. The molecule has 37 heteroatoms. The molecule has 3 aromatic rings. The van der Waals surface area contributed by atoms with Crippen molar-refractivity contribution in [3.05, 3.63) is 92.3 Å². The van der Waals surface area contributed by atoms with Crippen molar-refractivity contribution in [3.8, 4) is 11.5 Å². The molecular weight excluding hydrogens is 1350 g/mol. The van der Waals surface area contributed by atoms with Gasteiger partial charge in [0, 0.05) is 82.2 Å². The number of nitrogens with one attached hydrogen (secondary N) is 12. The predicted octanol–water partition coefficient (Wildman–Crippen LogP) is -4.86. The Bertz CT molecular complexity index is 3590. The van der Waals surface area contributed by atoms with E-state index in [9.17, 15) is 97.1 Å². The number of carbonyl (C=O) groups is 14. The molecule has 2 aromatic carbocycles. The number of rotatable bonds is 24. The first-order valence-electron chi connectivity index (χ1n) is 31.9. The maximum Gasteiger partial charge on any atom is 0.328 e. The largest absolute Gasteiger partial charge is 0.508 e.